The molecule has 2 aromatic carbocycles. The molecule has 0 unspecified atom stereocenters. The van der Waals surface area contributed by atoms with E-state index in [9.17, 15) is 39.6 Å². The summed E-state index contributed by atoms with van der Waals surface area (Å²) < 4.78 is 49.4. The molecule has 17 nitrogen and oxygen atoms in total. The number of rotatable bonds is 7. The second kappa shape index (κ2) is 15.5. The molecule has 4 N–H and O–H groups in total. The quantitative estimate of drug-likeness (QED) is 0.198. The van der Waals surface area contributed by atoms with Gasteiger partial charge in [0.25, 0.3) is 0 Å². The monoisotopic (exact) mass is 825 g/mol. The van der Waals surface area contributed by atoms with Crippen LogP contribution in [-0.4, -0.2) is 143 Å². The minimum atomic E-state index is -1.80. The van der Waals surface area contributed by atoms with Gasteiger partial charge in [0.15, 0.2) is 36.5 Å². The van der Waals surface area contributed by atoms with E-state index in [0.29, 0.717) is 0 Å². The van der Waals surface area contributed by atoms with E-state index in [4.69, 9.17) is 37.9 Å². The summed E-state index contributed by atoms with van der Waals surface area (Å²) in [6, 6.07) is 3.06. The van der Waals surface area contributed by atoms with Crippen molar-refractivity contribution in [3.8, 4) is 17.2 Å². The lowest BCUT2D eigenvalue weighted by molar-refractivity contribution is -0.367. The molecule has 4 heterocycles. The van der Waals surface area contributed by atoms with Crippen molar-refractivity contribution in [3.63, 3.8) is 0 Å². The molecule has 2 aliphatic carbocycles. The van der Waals surface area contributed by atoms with Gasteiger partial charge in [-0.05, 0) is 65.0 Å². The molecule has 59 heavy (non-hydrogen) atoms. The zero-order valence-corrected chi connectivity index (χ0v) is 33.9. The largest absolute Gasteiger partial charge is 0.507 e. The fraction of sp³-hybridized carbons (Fsp3) is 0.619. The Kier molecular flexibility index (Phi) is 10.9. The smallest absolute Gasteiger partial charge is 0.316 e. The molecule has 4 aliphatic heterocycles. The van der Waals surface area contributed by atoms with Crippen molar-refractivity contribution < 1.29 is 77.5 Å². The van der Waals surface area contributed by atoms with Crippen LogP contribution in [0, 0.1) is 0 Å². The molecule has 0 saturated carbocycles. The van der Waals surface area contributed by atoms with E-state index in [1.54, 1.807) is 6.92 Å². The molecule has 14 atom stereocenters. The first kappa shape index (κ1) is 41.7. The maximum absolute atomic E-state index is 14.0. The van der Waals surface area contributed by atoms with Crippen molar-refractivity contribution in [3.05, 3.63) is 51.6 Å². The first-order valence-corrected chi connectivity index (χ1v) is 20.1. The molecule has 0 amide bonds. The number of benzene rings is 2. The van der Waals surface area contributed by atoms with Gasteiger partial charge in [-0.2, -0.15) is 0 Å². The summed E-state index contributed by atoms with van der Waals surface area (Å²) in [5.74, 6) is -5.92. The number of hydrogen-bond acceptors (Lipinski definition) is 17. The highest BCUT2D eigenvalue weighted by Crippen LogP contribution is 2.54. The van der Waals surface area contributed by atoms with E-state index in [-0.39, 0.29) is 66.7 Å². The van der Waals surface area contributed by atoms with Crippen LogP contribution in [0.3, 0.4) is 0 Å². The highest BCUT2D eigenvalue weighted by Gasteiger charge is 2.55. The summed E-state index contributed by atoms with van der Waals surface area (Å²) in [6.45, 7) is 7.16. The molecule has 0 aromatic heterocycles. The Hall–Kier alpha value is -4.04. The van der Waals surface area contributed by atoms with Gasteiger partial charge in [0, 0.05) is 42.9 Å². The fourth-order valence-electron chi connectivity index (χ4n) is 9.82. The highest BCUT2D eigenvalue weighted by atomic mass is 16.8. The summed E-state index contributed by atoms with van der Waals surface area (Å²) in [5, 5.41) is 45.4. The summed E-state index contributed by atoms with van der Waals surface area (Å²) in [6.07, 6.45) is -6.84. The number of phenolic OH excluding ortho intramolecular Hbond substituents is 3. The normalized spacial score (nSPS) is 37.8. The molecule has 8 rings (SSSR count). The van der Waals surface area contributed by atoms with Gasteiger partial charge in [-0.25, -0.2) is 0 Å². The van der Waals surface area contributed by atoms with Crippen molar-refractivity contribution >= 4 is 23.3 Å². The Morgan fingerprint density at radius 1 is 0.881 bits per heavy atom. The van der Waals surface area contributed by atoms with E-state index < -0.39 is 125 Å². The van der Waals surface area contributed by atoms with Crippen molar-refractivity contribution in [1.82, 2.24) is 4.90 Å². The minimum Gasteiger partial charge on any atom is -0.507 e. The third-order valence-electron chi connectivity index (χ3n) is 12.8. The van der Waals surface area contributed by atoms with Crippen LogP contribution in [0.15, 0.2) is 18.2 Å². The van der Waals surface area contributed by atoms with E-state index in [1.165, 1.54) is 6.07 Å². The van der Waals surface area contributed by atoms with Gasteiger partial charge in [-0.3, -0.25) is 19.2 Å². The molecule has 0 spiro atoms. The first-order valence-electron chi connectivity index (χ1n) is 20.1. The molecular formula is C42H51NO16. The first-order chi connectivity index (χ1) is 28.0. The molecule has 4 fully saturated rings. The average molecular weight is 826 g/mol. The van der Waals surface area contributed by atoms with E-state index in [0.717, 1.165) is 19.2 Å². The predicted molar refractivity (Wildman–Crippen MR) is 201 cm³/mol. The van der Waals surface area contributed by atoms with Crippen molar-refractivity contribution in [2.45, 2.75) is 145 Å². The standard InChI is InChI=1S/C42H51NO16/c1-8-42(51)15-26(29-19(33(42)40(50)52-7)12-20-30(35(29)48)36(49)32-23(45)10-9-22(44)31(32)34(20)47)56-27-13-21(43(5)6)37(17(3)54-27)58-28-14-25-38(18(4)55-28)59-41-39(57-25)24(46)11-16(2)53-41/h9-10,12,16-18,21,25-28,33,37-39,41,44-45,48,51H,8,11,13-15H2,1-7H3/t16-,17-,18+,21-,25+,26-,27-,28+,33-,37+,38-,39+,41+,42+/m0/s1. The van der Waals surface area contributed by atoms with Crippen molar-refractivity contribution in [2.75, 3.05) is 21.2 Å². The summed E-state index contributed by atoms with van der Waals surface area (Å²) in [7, 11) is 4.91. The average Bonchev–Trinajstić information content (AvgIpc) is 3.17. The number of ether oxygens (including phenoxy) is 8. The Balaban J connectivity index is 1.07. The number of carbonyl (C=O) groups excluding carboxylic acids is 4. The third kappa shape index (κ3) is 6.93. The number of carbonyl (C=O) groups is 4. The molecule has 0 radical (unpaired) electrons. The number of aliphatic hydroxyl groups is 1. The molecule has 6 aliphatic rings. The summed E-state index contributed by atoms with van der Waals surface area (Å²) >= 11 is 0. The zero-order chi connectivity index (χ0) is 42.4. The molecular weight excluding hydrogens is 774 g/mol. The number of hydrogen-bond donors (Lipinski definition) is 4. The summed E-state index contributed by atoms with van der Waals surface area (Å²) in [5.41, 5.74) is -3.52. The minimum absolute atomic E-state index is 0.00488. The summed E-state index contributed by atoms with van der Waals surface area (Å²) in [4.78, 5) is 56.1. The number of Topliss-reactive ketones (excluding diaryl/α,β-unsaturated/α-hetero) is 1. The van der Waals surface area contributed by atoms with Crippen LogP contribution in [0.4, 0.5) is 0 Å². The maximum Gasteiger partial charge on any atom is 0.316 e. The van der Waals surface area contributed by atoms with E-state index >= 15 is 0 Å². The molecule has 2 aromatic rings. The van der Waals surface area contributed by atoms with Gasteiger partial charge in [0.2, 0.25) is 5.78 Å². The van der Waals surface area contributed by atoms with Crippen LogP contribution >= 0.6 is 0 Å². The van der Waals surface area contributed by atoms with Crippen LogP contribution in [0.2, 0.25) is 0 Å². The maximum atomic E-state index is 14.0. The van der Waals surface area contributed by atoms with Crippen LogP contribution in [0.5, 0.6) is 17.2 Å². The predicted octanol–water partition coefficient (Wildman–Crippen LogP) is 2.88. The topological polar surface area (TPSA) is 226 Å². The second-order valence-electron chi connectivity index (χ2n) is 16.7. The van der Waals surface area contributed by atoms with Crippen molar-refractivity contribution in [1.29, 1.82) is 0 Å². The van der Waals surface area contributed by atoms with Gasteiger partial charge in [-0.15, -0.1) is 0 Å². The Morgan fingerprint density at radius 3 is 2.20 bits per heavy atom. The van der Waals surface area contributed by atoms with Gasteiger partial charge in [0.1, 0.15) is 35.4 Å². The number of fused-ring (bicyclic) bond motifs is 5. The van der Waals surface area contributed by atoms with Crippen LogP contribution < -0.4 is 0 Å². The Morgan fingerprint density at radius 2 is 1.54 bits per heavy atom. The van der Waals surface area contributed by atoms with Crippen LogP contribution in [0.25, 0.3) is 0 Å². The van der Waals surface area contributed by atoms with Crippen molar-refractivity contribution in [2.24, 2.45) is 0 Å². The Labute approximate surface area is 340 Å². The highest BCUT2D eigenvalue weighted by molar-refractivity contribution is 6.31. The van der Waals surface area contributed by atoms with Crippen LogP contribution in [-0.2, 0) is 47.5 Å². The molecule has 320 valence electrons. The number of ketones is 3. The lowest BCUT2D eigenvalue weighted by atomic mass is 9.67. The lowest BCUT2D eigenvalue weighted by Gasteiger charge is -2.50. The molecule has 4 saturated heterocycles. The SMILES string of the molecule is CC[C@@]1(O)C[C@H](O[C@H]2C[C@H](N(C)C)[C@H](O[C@@H]3C[C@H]4O[C@@H]5C(=O)C[C@H](C)O[C@@H]5O[C@H]4[C@@H](C)O3)[C@H](C)O2)c2c(cc3c(c2O)C(=O)c2c(O)ccc(O)c2C3=O)[C@H]1C(=O)OC. The number of nitrogens with zero attached hydrogens (tertiary/aromatic N) is 1. The lowest BCUT2D eigenvalue weighted by Crippen LogP contribution is -2.63. The van der Waals surface area contributed by atoms with Gasteiger partial charge in [0.05, 0.1) is 59.9 Å². The zero-order valence-electron chi connectivity index (χ0n) is 33.9. The molecule has 17 heteroatoms. The Bertz CT molecular complexity index is 2050. The van der Waals surface area contributed by atoms with Gasteiger partial charge >= 0.3 is 5.97 Å². The number of aromatic hydroxyl groups is 3. The number of likely N-dealkylation sites (N-methyl/N-ethyl adjacent to an activating group) is 1. The van der Waals surface area contributed by atoms with Gasteiger partial charge < -0.3 is 63.2 Å². The number of esters is 1. The van der Waals surface area contributed by atoms with Gasteiger partial charge in [-0.1, -0.05) is 6.92 Å². The second-order valence-corrected chi connectivity index (χ2v) is 16.7. The fourth-order valence-corrected chi connectivity index (χ4v) is 9.82. The number of methoxy groups -OCH3 is 1. The third-order valence-corrected chi connectivity index (χ3v) is 12.8. The van der Waals surface area contributed by atoms with Crippen LogP contribution in [0.1, 0.15) is 115 Å². The number of phenols is 3. The van der Waals surface area contributed by atoms with E-state index in [1.807, 2.05) is 39.8 Å². The van der Waals surface area contributed by atoms with E-state index in [2.05, 4.69) is 0 Å². The molecule has 0 bridgehead atoms.